The molecule has 0 fully saturated rings. The van der Waals surface area contributed by atoms with Gasteiger partial charge in [-0.25, -0.2) is 0 Å². The largest absolute Gasteiger partial charge is 0.494 e. The van der Waals surface area contributed by atoms with Gasteiger partial charge >= 0.3 is 0 Å². The zero-order valence-electron chi connectivity index (χ0n) is 13.7. The number of hydrogen-bond donors (Lipinski definition) is 1. The first-order valence-electron chi connectivity index (χ1n) is 8.24. The average molecular weight is 297 g/mol. The van der Waals surface area contributed by atoms with Crippen LogP contribution >= 0.6 is 0 Å². The van der Waals surface area contributed by atoms with Gasteiger partial charge in [0.05, 0.1) is 6.61 Å². The first-order chi connectivity index (χ1) is 10.8. The Morgan fingerprint density at radius 3 is 2.41 bits per heavy atom. The molecule has 0 spiro atoms. The highest BCUT2D eigenvalue weighted by Crippen LogP contribution is 2.36. The van der Waals surface area contributed by atoms with Crippen LogP contribution in [0.1, 0.15) is 49.7 Å². The zero-order valence-corrected chi connectivity index (χ0v) is 13.7. The molecule has 2 aromatic carbocycles. The summed E-state index contributed by atoms with van der Waals surface area (Å²) in [5.74, 6) is 1.81. The van der Waals surface area contributed by atoms with Crippen LogP contribution in [-0.2, 0) is 0 Å². The fourth-order valence-corrected chi connectivity index (χ4v) is 2.92. The summed E-state index contributed by atoms with van der Waals surface area (Å²) in [5, 5.41) is 0. The van der Waals surface area contributed by atoms with Crippen molar-refractivity contribution >= 4 is 0 Å². The van der Waals surface area contributed by atoms with Crippen LogP contribution in [0.5, 0.6) is 5.75 Å². The molecular weight excluding hydrogens is 270 g/mol. The van der Waals surface area contributed by atoms with E-state index in [-0.39, 0.29) is 0 Å². The molecule has 0 bridgehead atoms. The fourth-order valence-electron chi connectivity index (χ4n) is 2.92. The molecule has 2 nitrogen and oxygen atoms in total. The number of nitrogens with two attached hydrogens (primary N) is 1. The van der Waals surface area contributed by atoms with Crippen molar-refractivity contribution in [1.82, 2.24) is 0 Å². The lowest BCUT2D eigenvalue weighted by Gasteiger charge is -2.25. The molecule has 2 rings (SSSR count). The molecule has 2 heteroatoms. The number of benzene rings is 2. The summed E-state index contributed by atoms with van der Waals surface area (Å²) in [4.78, 5) is 0. The maximum Gasteiger partial charge on any atom is 0.119 e. The Hall–Kier alpha value is -1.80. The number of hydrogen-bond acceptors (Lipinski definition) is 2. The minimum atomic E-state index is 0.413. The smallest absolute Gasteiger partial charge is 0.119 e. The number of rotatable bonds is 8. The second-order valence-electron chi connectivity index (χ2n) is 5.80. The summed E-state index contributed by atoms with van der Waals surface area (Å²) in [5.41, 5.74) is 8.53. The van der Waals surface area contributed by atoms with E-state index in [1.54, 1.807) is 0 Å². The monoisotopic (exact) mass is 297 g/mol. The van der Waals surface area contributed by atoms with Crippen LogP contribution in [0.15, 0.2) is 54.6 Å². The molecule has 118 valence electrons. The summed E-state index contributed by atoms with van der Waals surface area (Å²) >= 11 is 0. The van der Waals surface area contributed by atoms with E-state index in [0.29, 0.717) is 18.4 Å². The maximum absolute atomic E-state index is 5.85. The van der Waals surface area contributed by atoms with Crippen LogP contribution in [0, 0.1) is 0 Å². The average Bonchev–Trinajstić information content (AvgIpc) is 2.58. The molecule has 0 saturated heterocycles. The summed E-state index contributed by atoms with van der Waals surface area (Å²) < 4.78 is 5.77. The molecule has 2 atom stereocenters. The van der Waals surface area contributed by atoms with Crippen LogP contribution in [0.4, 0.5) is 0 Å². The van der Waals surface area contributed by atoms with Gasteiger partial charge in [0.1, 0.15) is 5.75 Å². The third-order valence-corrected chi connectivity index (χ3v) is 4.17. The molecule has 0 aliphatic carbocycles. The second kappa shape index (κ2) is 8.60. The molecule has 0 heterocycles. The van der Waals surface area contributed by atoms with Crippen LogP contribution in [0.25, 0.3) is 0 Å². The van der Waals surface area contributed by atoms with Gasteiger partial charge in [-0.2, -0.15) is 0 Å². The summed E-state index contributed by atoms with van der Waals surface area (Å²) in [6, 6.07) is 19.2. The second-order valence-corrected chi connectivity index (χ2v) is 5.80. The van der Waals surface area contributed by atoms with E-state index in [2.05, 4.69) is 62.4 Å². The lowest BCUT2D eigenvalue weighted by atomic mass is 9.80. The van der Waals surface area contributed by atoms with Gasteiger partial charge in [0.25, 0.3) is 0 Å². The molecular formula is C20H27NO. The van der Waals surface area contributed by atoms with E-state index in [1.165, 1.54) is 11.1 Å². The van der Waals surface area contributed by atoms with Crippen LogP contribution in [0.3, 0.4) is 0 Å². The highest BCUT2D eigenvalue weighted by molar-refractivity contribution is 5.34. The predicted molar refractivity (Wildman–Crippen MR) is 93.5 cm³/mol. The van der Waals surface area contributed by atoms with Crippen LogP contribution in [-0.4, -0.2) is 13.2 Å². The van der Waals surface area contributed by atoms with Crippen molar-refractivity contribution in [2.45, 2.75) is 38.5 Å². The third-order valence-electron chi connectivity index (χ3n) is 4.17. The maximum atomic E-state index is 5.85. The van der Waals surface area contributed by atoms with Crippen LogP contribution in [0.2, 0.25) is 0 Å². The minimum absolute atomic E-state index is 0.413. The molecule has 0 saturated carbocycles. The minimum Gasteiger partial charge on any atom is -0.494 e. The van der Waals surface area contributed by atoms with E-state index in [0.717, 1.165) is 25.2 Å². The fraction of sp³-hybridized carbons (Fsp3) is 0.400. The highest BCUT2D eigenvalue weighted by Gasteiger charge is 2.20. The molecule has 2 N–H and O–H groups in total. The van der Waals surface area contributed by atoms with Gasteiger partial charge in [0.15, 0.2) is 0 Å². The van der Waals surface area contributed by atoms with Crippen molar-refractivity contribution in [3.8, 4) is 5.75 Å². The molecule has 0 aromatic heterocycles. The third kappa shape index (κ3) is 4.35. The standard InChI is InChI=1S/C20H27NO/c1-3-14-22-19-11-7-10-18(15-19)16(2)20(12-13-21)17-8-5-4-6-9-17/h4-11,15-16,20H,3,12-14,21H2,1-2H3. The van der Waals surface area contributed by atoms with Crippen molar-refractivity contribution in [3.05, 3.63) is 65.7 Å². The van der Waals surface area contributed by atoms with Crippen molar-refractivity contribution < 1.29 is 4.74 Å². The Balaban J connectivity index is 2.21. The lowest BCUT2D eigenvalue weighted by Crippen LogP contribution is -2.13. The molecule has 0 radical (unpaired) electrons. The van der Waals surface area contributed by atoms with Crippen molar-refractivity contribution in [1.29, 1.82) is 0 Å². The van der Waals surface area contributed by atoms with Crippen molar-refractivity contribution in [2.24, 2.45) is 5.73 Å². The topological polar surface area (TPSA) is 35.2 Å². The first-order valence-corrected chi connectivity index (χ1v) is 8.24. The van der Waals surface area contributed by atoms with Crippen LogP contribution < -0.4 is 10.5 Å². The van der Waals surface area contributed by atoms with Gasteiger partial charge in [-0.1, -0.05) is 56.3 Å². The van der Waals surface area contributed by atoms with Gasteiger partial charge in [0.2, 0.25) is 0 Å². The number of ether oxygens (including phenoxy) is 1. The Morgan fingerprint density at radius 2 is 1.73 bits per heavy atom. The molecule has 0 amide bonds. The lowest BCUT2D eigenvalue weighted by molar-refractivity contribution is 0.317. The summed E-state index contributed by atoms with van der Waals surface area (Å²) in [7, 11) is 0. The first kappa shape index (κ1) is 16.6. The van der Waals surface area contributed by atoms with Crippen molar-refractivity contribution in [3.63, 3.8) is 0 Å². The predicted octanol–water partition coefficient (Wildman–Crippen LogP) is 4.71. The van der Waals surface area contributed by atoms with E-state index in [1.807, 2.05) is 6.07 Å². The van der Waals surface area contributed by atoms with E-state index in [4.69, 9.17) is 10.5 Å². The highest BCUT2D eigenvalue weighted by atomic mass is 16.5. The molecule has 22 heavy (non-hydrogen) atoms. The Bertz CT molecular complexity index is 553. The van der Waals surface area contributed by atoms with E-state index < -0.39 is 0 Å². The molecule has 2 unspecified atom stereocenters. The Kier molecular flexibility index (Phi) is 6.47. The van der Waals surface area contributed by atoms with Gasteiger partial charge in [-0.05, 0) is 54.5 Å². The molecule has 2 aromatic rings. The van der Waals surface area contributed by atoms with E-state index in [9.17, 15) is 0 Å². The van der Waals surface area contributed by atoms with E-state index >= 15 is 0 Å². The van der Waals surface area contributed by atoms with Gasteiger partial charge in [-0.15, -0.1) is 0 Å². The van der Waals surface area contributed by atoms with Crippen molar-refractivity contribution in [2.75, 3.05) is 13.2 Å². The molecule has 0 aliphatic rings. The zero-order chi connectivity index (χ0) is 15.8. The normalized spacial score (nSPS) is 13.6. The van der Waals surface area contributed by atoms with Gasteiger partial charge in [0, 0.05) is 0 Å². The Labute approximate surface area is 134 Å². The Morgan fingerprint density at radius 1 is 1.00 bits per heavy atom. The molecule has 0 aliphatic heterocycles. The van der Waals surface area contributed by atoms with Gasteiger partial charge < -0.3 is 10.5 Å². The quantitative estimate of drug-likeness (QED) is 0.765. The SMILES string of the molecule is CCCOc1cccc(C(C)C(CCN)c2ccccc2)c1. The van der Waals surface area contributed by atoms with Gasteiger partial charge in [-0.3, -0.25) is 0 Å². The summed E-state index contributed by atoms with van der Waals surface area (Å²) in [6.07, 6.45) is 2.02. The summed E-state index contributed by atoms with van der Waals surface area (Å²) in [6.45, 7) is 5.88.